The maximum atomic E-state index is 3.97. The van der Waals surface area contributed by atoms with Crippen molar-refractivity contribution in [2.75, 3.05) is 0 Å². The van der Waals surface area contributed by atoms with E-state index in [4.69, 9.17) is 0 Å². The lowest BCUT2D eigenvalue weighted by Crippen LogP contribution is -2.33. The van der Waals surface area contributed by atoms with Gasteiger partial charge in [-0.15, -0.1) is 6.58 Å². The fourth-order valence-electron chi connectivity index (χ4n) is 3.94. The molecule has 4 unspecified atom stereocenters. The van der Waals surface area contributed by atoms with Crippen LogP contribution in [0.25, 0.3) is 0 Å². The maximum absolute atomic E-state index is 3.97. The fourth-order valence-corrected chi connectivity index (χ4v) is 3.94. The quantitative estimate of drug-likeness (QED) is 0.576. The van der Waals surface area contributed by atoms with Crippen molar-refractivity contribution in [2.24, 2.45) is 29.1 Å². The van der Waals surface area contributed by atoms with E-state index in [1.54, 1.807) is 0 Å². The monoisotopic (exact) mass is 208 g/mol. The van der Waals surface area contributed by atoms with Gasteiger partial charge in [0.05, 0.1) is 0 Å². The molecular formula is C15H28. The smallest absolute Gasteiger partial charge is 0.0231 e. The molecule has 0 heteroatoms. The highest BCUT2D eigenvalue weighted by atomic mass is 14.5. The van der Waals surface area contributed by atoms with Crippen molar-refractivity contribution >= 4 is 0 Å². The minimum absolute atomic E-state index is 0.543. The highest BCUT2D eigenvalue weighted by Gasteiger charge is 2.47. The Labute approximate surface area is 96.2 Å². The SMILES string of the molecule is C=CC(C)C1CCC(C(C)C)C1(C)CC. The number of allylic oxidation sites excluding steroid dienone is 1. The third-order valence-electron chi connectivity index (χ3n) is 5.06. The van der Waals surface area contributed by atoms with Gasteiger partial charge in [0.15, 0.2) is 0 Å². The molecule has 1 aliphatic rings. The van der Waals surface area contributed by atoms with Gasteiger partial charge in [0.25, 0.3) is 0 Å². The summed E-state index contributed by atoms with van der Waals surface area (Å²) in [6, 6.07) is 0. The molecule has 1 aliphatic carbocycles. The largest absolute Gasteiger partial charge is 0.103 e. The minimum Gasteiger partial charge on any atom is -0.103 e. The van der Waals surface area contributed by atoms with Crippen molar-refractivity contribution < 1.29 is 0 Å². The van der Waals surface area contributed by atoms with Crippen molar-refractivity contribution in [2.45, 2.75) is 53.9 Å². The van der Waals surface area contributed by atoms with Gasteiger partial charge >= 0.3 is 0 Å². The van der Waals surface area contributed by atoms with Crippen LogP contribution in [0.1, 0.15) is 53.9 Å². The summed E-state index contributed by atoms with van der Waals surface area (Å²) in [5, 5.41) is 0. The molecule has 0 spiro atoms. The number of hydrogen-bond acceptors (Lipinski definition) is 0. The third-order valence-corrected chi connectivity index (χ3v) is 5.06. The van der Waals surface area contributed by atoms with Gasteiger partial charge in [-0.05, 0) is 41.9 Å². The van der Waals surface area contributed by atoms with Crippen LogP contribution in [0.2, 0.25) is 0 Å². The van der Waals surface area contributed by atoms with Crippen LogP contribution in [0.15, 0.2) is 12.7 Å². The van der Waals surface area contributed by atoms with Gasteiger partial charge < -0.3 is 0 Å². The molecule has 0 heterocycles. The van der Waals surface area contributed by atoms with E-state index in [1.807, 2.05) is 0 Å². The van der Waals surface area contributed by atoms with E-state index < -0.39 is 0 Å². The lowest BCUT2D eigenvalue weighted by Gasteiger charge is -2.40. The third kappa shape index (κ3) is 2.14. The van der Waals surface area contributed by atoms with Crippen molar-refractivity contribution in [1.82, 2.24) is 0 Å². The van der Waals surface area contributed by atoms with Gasteiger partial charge in [-0.25, -0.2) is 0 Å². The minimum atomic E-state index is 0.543. The average molecular weight is 208 g/mol. The Balaban J connectivity index is 2.89. The molecule has 0 aromatic carbocycles. The summed E-state index contributed by atoms with van der Waals surface area (Å²) in [4.78, 5) is 0. The van der Waals surface area contributed by atoms with Crippen LogP contribution in [-0.4, -0.2) is 0 Å². The number of rotatable bonds is 4. The molecule has 0 saturated heterocycles. The van der Waals surface area contributed by atoms with Crippen LogP contribution < -0.4 is 0 Å². The summed E-state index contributed by atoms with van der Waals surface area (Å²) in [5.74, 6) is 3.28. The zero-order valence-electron chi connectivity index (χ0n) is 11.2. The fraction of sp³-hybridized carbons (Fsp3) is 0.867. The van der Waals surface area contributed by atoms with Crippen LogP contribution in [0, 0.1) is 29.1 Å². The van der Waals surface area contributed by atoms with E-state index in [-0.39, 0.29) is 0 Å². The van der Waals surface area contributed by atoms with Gasteiger partial charge in [0.1, 0.15) is 0 Å². The van der Waals surface area contributed by atoms with E-state index in [1.165, 1.54) is 19.3 Å². The van der Waals surface area contributed by atoms with Crippen molar-refractivity contribution in [1.29, 1.82) is 0 Å². The van der Waals surface area contributed by atoms with Crippen molar-refractivity contribution in [3.63, 3.8) is 0 Å². The van der Waals surface area contributed by atoms with E-state index in [2.05, 4.69) is 47.3 Å². The molecule has 1 saturated carbocycles. The molecule has 0 aromatic heterocycles. The summed E-state index contributed by atoms with van der Waals surface area (Å²) in [6.07, 6.45) is 6.30. The predicted octanol–water partition coefficient (Wildman–Crippen LogP) is 4.91. The highest BCUT2D eigenvalue weighted by molar-refractivity contribution is 5.00. The summed E-state index contributed by atoms with van der Waals surface area (Å²) < 4.78 is 0. The zero-order chi connectivity index (χ0) is 11.6. The molecular weight excluding hydrogens is 180 g/mol. The maximum Gasteiger partial charge on any atom is -0.0231 e. The van der Waals surface area contributed by atoms with Crippen LogP contribution in [0.3, 0.4) is 0 Å². The standard InChI is InChI=1S/C15H28/c1-7-12(5)14-10-9-13(11(3)4)15(14,6)8-2/h7,11-14H,1,8-10H2,2-6H3. The van der Waals surface area contributed by atoms with Gasteiger partial charge in [0, 0.05) is 0 Å². The average Bonchev–Trinajstić information content (AvgIpc) is 2.55. The molecule has 0 aromatic rings. The van der Waals surface area contributed by atoms with E-state index in [9.17, 15) is 0 Å². The molecule has 0 bridgehead atoms. The molecule has 15 heavy (non-hydrogen) atoms. The van der Waals surface area contributed by atoms with Crippen LogP contribution in [0.4, 0.5) is 0 Å². The summed E-state index contributed by atoms with van der Waals surface area (Å²) >= 11 is 0. The van der Waals surface area contributed by atoms with Gasteiger partial charge in [0.2, 0.25) is 0 Å². The summed E-state index contributed by atoms with van der Waals surface area (Å²) in [6.45, 7) is 16.0. The Morgan fingerprint density at radius 1 is 1.27 bits per heavy atom. The first kappa shape index (κ1) is 12.8. The lowest BCUT2D eigenvalue weighted by atomic mass is 9.65. The van der Waals surface area contributed by atoms with Crippen LogP contribution in [0.5, 0.6) is 0 Å². The highest BCUT2D eigenvalue weighted by Crippen LogP contribution is 2.55. The first-order chi connectivity index (χ1) is 6.97. The lowest BCUT2D eigenvalue weighted by molar-refractivity contribution is 0.0950. The molecule has 1 rings (SSSR count). The predicted molar refractivity (Wildman–Crippen MR) is 68.8 cm³/mol. The molecule has 88 valence electrons. The Morgan fingerprint density at radius 2 is 1.80 bits per heavy atom. The second kappa shape index (κ2) is 4.72. The molecule has 1 fully saturated rings. The second-order valence-corrected chi connectivity index (χ2v) is 5.99. The second-order valence-electron chi connectivity index (χ2n) is 5.99. The van der Waals surface area contributed by atoms with Crippen molar-refractivity contribution in [3.05, 3.63) is 12.7 Å². The summed E-state index contributed by atoms with van der Waals surface area (Å²) in [7, 11) is 0. The van der Waals surface area contributed by atoms with Crippen LogP contribution >= 0.6 is 0 Å². The Morgan fingerprint density at radius 3 is 2.20 bits per heavy atom. The Kier molecular flexibility index (Phi) is 4.03. The van der Waals surface area contributed by atoms with E-state index >= 15 is 0 Å². The molecule has 0 radical (unpaired) electrons. The van der Waals surface area contributed by atoms with Gasteiger partial charge in [-0.2, -0.15) is 0 Å². The summed E-state index contributed by atoms with van der Waals surface area (Å²) in [5.41, 5.74) is 0.543. The normalized spacial score (nSPS) is 38.3. The molecule has 4 atom stereocenters. The van der Waals surface area contributed by atoms with Gasteiger partial charge in [-0.3, -0.25) is 0 Å². The van der Waals surface area contributed by atoms with E-state index in [0.29, 0.717) is 11.3 Å². The molecule has 0 aliphatic heterocycles. The first-order valence-corrected chi connectivity index (χ1v) is 6.59. The first-order valence-electron chi connectivity index (χ1n) is 6.59. The molecule has 0 N–H and O–H groups in total. The zero-order valence-corrected chi connectivity index (χ0v) is 11.2. The Bertz CT molecular complexity index is 216. The van der Waals surface area contributed by atoms with Gasteiger partial charge in [-0.1, -0.05) is 47.1 Å². The van der Waals surface area contributed by atoms with E-state index in [0.717, 1.165) is 17.8 Å². The molecule has 0 amide bonds. The number of hydrogen-bond donors (Lipinski definition) is 0. The Hall–Kier alpha value is -0.260. The van der Waals surface area contributed by atoms with Crippen molar-refractivity contribution in [3.8, 4) is 0 Å². The van der Waals surface area contributed by atoms with Crippen LogP contribution in [-0.2, 0) is 0 Å². The molecule has 0 nitrogen and oxygen atoms in total. The topological polar surface area (TPSA) is 0 Å².